The minimum absolute atomic E-state index is 0.0833. The molecule has 0 bridgehead atoms. The van der Waals surface area contributed by atoms with Crippen molar-refractivity contribution in [2.75, 3.05) is 17.3 Å². The molecule has 122 valence electrons. The molecule has 2 amide bonds. The number of rotatable bonds is 4. The van der Waals surface area contributed by atoms with Crippen LogP contribution in [0.4, 0.5) is 11.4 Å². The van der Waals surface area contributed by atoms with Gasteiger partial charge in [0.2, 0.25) is 11.8 Å². The molecule has 0 radical (unpaired) electrons. The molecule has 0 unspecified atom stereocenters. The third-order valence-electron chi connectivity index (χ3n) is 4.08. The van der Waals surface area contributed by atoms with Gasteiger partial charge in [0.15, 0.2) is 0 Å². The van der Waals surface area contributed by atoms with Crippen molar-refractivity contribution < 1.29 is 19.5 Å². The first-order valence-corrected chi connectivity index (χ1v) is 7.43. The smallest absolute Gasteiger partial charge is 0.307 e. The van der Waals surface area contributed by atoms with E-state index in [9.17, 15) is 19.5 Å². The highest BCUT2D eigenvalue weighted by Gasteiger charge is 2.33. The molecule has 6 heteroatoms. The van der Waals surface area contributed by atoms with Crippen LogP contribution in [-0.2, 0) is 14.4 Å². The predicted octanol–water partition coefficient (Wildman–Crippen LogP) is 2.27. The minimum Gasteiger partial charge on any atom is -0.481 e. The van der Waals surface area contributed by atoms with E-state index in [1.54, 1.807) is 37.4 Å². The second-order valence-corrected chi connectivity index (χ2v) is 5.61. The van der Waals surface area contributed by atoms with Crippen LogP contribution in [0.5, 0.6) is 0 Å². The zero-order valence-corrected chi connectivity index (χ0v) is 13.2. The molecule has 2 rings (SSSR count). The molecule has 1 aliphatic carbocycles. The average molecular weight is 316 g/mol. The summed E-state index contributed by atoms with van der Waals surface area (Å²) in [5.41, 5.74) is 1.30. The SMILES string of the molecule is CC(=O)N(C)c1ccc(NC(=O)[C@@H]2CC=CC[C@H]2C(=O)O)cc1. The molecule has 23 heavy (non-hydrogen) atoms. The highest BCUT2D eigenvalue weighted by molar-refractivity contribution is 5.96. The second-order valence-electron chi connectivity index (χ2n) is 5.61. The van der Waals surface area contributed by atoms with Crippen LogP contribution in [-0.4, -0.2) is 29.9 Å². The number of nitrogens with one attached hydrogen (secondary N) is 1. The molecule has 0 heterocycles. The molecule has 0 aromatic heterocycles. The molecule has 0 fully saturated rings. The molecule has 1 aromatic carbocycles. The normalized spacial score (nSPS) is 19.9. The largest absolute Gasteiger partial charge is 0.481 e. The van der Waals surface area contributed by atoms with Crippen molar-refractivity contribution in [1.29, 1.82) is 0 Å². The summed E-state index contributed by atoms with van der Waals surface area (Å²) in [6, 6.07) is 6.85. The maximum absolute atomic E-state index is 12.3. The van der Waals surface area contributed by atoms with Gasteiger partial charge in [-0.05, 0) is 37.1 Å². The summed E-state index contributed by atoms with van der Waals surface area (Å²) in [5, 5.41) is 12.0. The van der Waals surface area contributed by atoms with Crippen LogP contribution >= 0.6 is 0 Å². The number of carbonyl (C=O) groups is 3. The third kappa shape index (κ3) is 3.97. The number of amides is 2. The van der Waals surface area contributed by atoms with Gasteiger partial charge in [0.1, 0.15) is 0 Å². The Labute approximate surface area is 134 Å². The lowest BCUT2D eigenvalue weighted by atomic mass is 9.82. The average Bonchev–Trinajstić information content (AvgIpc) is 2.54. The van der Waals surface area contributed by atoms with E-state index in [1.165, 1.54) is 11.8 Å². The summed E-state index contributed by atoms with van der Waals surface area (Å²) in [7, 11) is 1.67. The topological polar surface area (TPSA) is 86.7 Å². The first-order valence-electron chi connectivity index (χ1n) is 7.43. The van der Waals surface area contributed by atoms with Gasteiger partial charge in [0.25, 0.3) is 0 Å². The molecule has 2 atom stereocenters. The summed E-state index contributed by atoms with van der Waals surface area (Å²) in [6.07, 6.45) is 4.44. The predicted molar refractivity (Wildman–Crippen MR) is 87.1 cm³/mol. The van der Waals surface area contributed by atoms with Gasteiger partial charge in [-0.3, -0.25) is 14.4 Å². The number of carboxylic acids is 1. The molecular formula is C17H20N2O4. The van der Waals surface area contributed by atoms with Crippen molar-refractivity contribution in [2.24, 2.45) is 11.8 Å². The first-order chi connectivity index (χ1) is 10.9. The van der Waals surface area contributed by atoms with E-state index in [4.69, 9.17) is 0 Å². The lowest BCUT2D eigenvalue weighted by Crippen LogP contribution is -2.34. The molecule has 2 N–H and O–H groups in total. The van der Waals surface area contributed by atoms with Crippen molar-refractivity contribution in [3.05, 3.63) is 36.4 Å². The van der Waals surface area contributed by atoms with Crippen LogP contribution in [0, 0.1) is 11.8 Å². The highest BCUT2D eigenvalue weighted by Crippen LogP contribution is 2.27. The van der Waals surface area contributed by atoms with Gasteiger partial charge in [-0.15, -0.1) is 0 Å². The zero-order chi connectivity index (χ0) is 17.0. The molecule has 0 aliphatic heterocycles. The Morgan fingerprint density at radius 1 is 1.09 bits per heavy atom. The Hall–Kier alpha value is -2.63. The monoisotopic (exact) mass is 316 g/mol. The number of hydrogen-bond acceptors (Lipinski definition) is 3. The van der Waals surface area contributed by atoms with Crippen LogP contribution in [0.1, 0.15) is 19.8 Å². The van der Waals surface area contributed by atoms with Crippen molar-refractivity contribution in [3.63, 3.8) is 0 Å². The summed E-state index contributed by atoms with van der Waals surface area (Å²) < 4.78 is 0. The molecule has 0 spiro atoms. The van der Waals surface area contributed by atoms with E-state index in [-0.39, 0.29) is 11.8 Å². The van der Waals surface area contributed by atoms with Crippen LogP contribution in [0.2, 0.25) is 0 Å². The Kier molecular flexibility index (Phi) is 5.16. The fourth-order valence-electron chi connectivity index (χ4n) is 2.56. The fourth-order valence-corrected chi connectivity index (χ4v) is 2.56. The first kappa shape index (κ1) is 16.7. The summed E-state index contributed by atoms with van der Waals surface area (Å²) in [5.74, 6) is -2.59. The van der Waals surface area contributed by atoms with E-state index < -0.39 is 17.8 Å². The lowest BCUT2D eigenvalue weighted by molar-refractivity contribution is -0.146. The molecule has 0 saturated heterocycles. The third-order valence-corrected chi connectivity index (χ3v) is 4.08. The molecule has 1 aliphatic rings. The Morgan fingerprint density at radius 3 is 2.17 bits per heavy atom. The van der Waals surface area contributed by atoms with E-state index in [0.29, 0.717) is 18.5 Å². The quantitative estimate of drug-likeness (QED) is 0.834. The number of carbonyl (C=O) groups excluding carboxylic acids is 2. The standard InChI is InChI=1S/C17H20N2O4/c1-11(20)19(2)13-9-7-12(8-10-13)18-16(21)14-5-3-4-6-15(14)17(22)23/h3-4,7-10,14-15H,5-6H2,1-2H3,(H,18,21)(H,22,23)/t14-,15-/m1/s1. The van der Waals surface area contributed by atoms with Gasteiger partial charge in [0, 0.05) is 25.3 Å². The molecular weight excluding hydrogens is 296 g/mol. The van der Waals surface area contributed by atoms with E-state index in [1.807, 2.05) is 6.08 Å². The van der Waals surface area contributed by atoms with Crippen LogP contribution < -0.4 is 10.2 Å². The van der Waals surface area contributed by atoms with Crippen LogP contribution in [0.15, 0.2) is 36.4 Å². The van der Waals surface area contributed by atoms with Crippen LogP contribution in [0.3, 0.4) is 0 Å². The van der Waals surface area contributed by atoms with Crippen molar-refractivity contribution in [1.82, 2.24) is 0 Å². The Morgan fingerprint density at radius 2 is 1.65 bits per heavy atom. The minimum atomic E-state index is -0.951. The van der Waals surface area contributed by atoms with Crippen molar-refractivity contribution >= 4 is 29.2 Å². The maximum Gasteiger partial charge on any atom is 0.307 e. The van der Waals surface area contributed by atoms with Gasteiger partial charge in [0.05, 0.1) is 11.8 Å². The van der Waals surface area contributed by atoms with Crippen molar-refractivity contribution in [2.45, 2.75) is 19.8 Å². The number of anilines is 2. The zero-order valence-electron chi connectivity index (χ0n) is 13.2. The number of nitrogens with zero attached hydrogens (tertiary/aromatic N) is 1. The molecule has 6 nitrogen and oxygen atoms in total. The Bertz CT molecular complexity index is 636. The van der Waals surface area contributed by atoms with E-state index >= 15 is 0 Å². The number of carboxylic acid groups (broad SMARTS) is 1. The van der Waals surface area contributed by atoms with Gasteiger partial charge in [-0.1, -0.05) is 12.2 Å². The number of benzene rings is 1. The Balaban J connectivity index is 2.06. The highest BCUT2D eigenvalue weighted by atomic mass is 16.4. The second kappa shape index (κ2) is 7.09. The van der Waals surface area contributed by atoms with Crippen molar-refractivity contribution in [3.8, 4) is 0 Å². The number of aliphatic carboxylic acids is 1. The van der Waals surface area contributed by atoms with E-state index in [2.05, 4.69) is 5.32 Å². The maximum atomic E-state index is 12.3. The summed E-state index contributed by atoms with van der Waals surface area (Å²) in [6.45, 7) is 1.47. The van der Waals surface area contributed by atoms with Gasteiger partial charge >= 0.3 is 5.97 Å². The number of hydrogen-bond donors (Lipinski definition) is 2. The summed E-state index contributed by atoms with van der Waals surface area (Å²) >= 11 is 0. The number of allylic oxidation sites excluding steroid dienone is 2. The fraction of sp³-hybridized carbons (Fsp3) is 0.353. The van der Waals surface area contributed by atoms with Crippen LogP contribution in [0.25, 0.3) is 0 Å². The molecule has 1 aromatic rings. The lowest BCUT2D eigenvalue weighted by Gasteiger charge is -2.24. The molecule has 0 saturated carbocycles. The van der Waals surface area contributed by atoms with E-state index in [0.717, 1.165) is 5.69 Å². The van der Waals surface area contributed by atoms with Gasteiger partial charge < -0.3 is 15.3 Å². The summed E-state index contributed by atoms with van der Waals surface area (Å²) in [4.78, 5) is 36.4. The van der Waals surface area contributed by atoms with Gasteiger partial charge in [-0.2, -0.15) is 0 Å². The van der Waals surface area contributed by atoms with Gasteiger partial charge in [-0.25, -0.2) is 0 Å².